The third-order valence-electron chi connectivity index (χ3n) is 4.90. The molecule has 0 spiro atoms. The SMILES string of the molecule is Clc1cccc(-c2noc(C3CC(c4ccc5ccccc5c4)NN3)n2)c1. The summed E-state index contributed by atoms with van der Waals surface area (Å²) in [6.07, 6.45) is 0.829. The summed E-state index contributed by atoms with van der Waals surface area (Å²) in [5, 5.41) is 7.23. The van der Waals surface area contributed by atoms with Crippen LogP contribution in [0.3, 0.4) is 0 Å². The molecule has 27 heavy (non-hydrogen) atoms. The van der Waals surface area contributed by atoms with E-state index < -0.39 is 0 Å². The van der Waals surface area contributed by atoms with Gasteiger partial charge in [-0.2, -0.15) is 4.98 Å². The van der Waals surface area contributed by atoms with Crippen molar-refractivity contribution in [3.8, 4) is 11.4 Å². The van der Waals surface area contributed by atoms with Crippen LogP contribution in [0.1, 0.15) is 30.0 Å². The first-order valence-electron chi connectivity index (χ1n) is 8.85. The van der Waals surface area contributed by atoms with Crippen LogP contribution in [0.4, 0.5) is 0 Å². The maximum atomic E-state index is 6.05. The normalized spacial score (nSPS) is 19.6. The number of rotatable bonds is 3. The van der Waals surface area contributed by atoms with Crippen LogP contribution in [-0.4, -0.2) is 10.1 Å². The van der Waals surface area contributed by atoms with Gasteiger partial charge in [-0.25, -0.2) is 10.9 Å². The molecule has 5 rings (SSSR count). The number of hydrogen-bond acceptors (Lipinski definition) is 5. The number of nitrogens with one attached hydrogen (secondary N) is 2. The van der Waals surface area contributed by atoms with Crippen molar-refractivity contribution in [1.82, 2.24) is 21.0 Å². The van der Waals surface area contributed by atoms with E-state index in [-0.39, 0.29) is 12.1 Å². The van der Waals surface area contributed by atoms with E-state index in [1.165, 1.54) is 16.3 Å². The van der Waals surface area contributed by atoms with Gasteiger partial charge in [0.15, 0.2) is 0 Å². The highest BCUT2D eigenvalue weighted by Gasteiger charge is 2.30. The molecule has 6 heteroatoms. The van der Waals surface area contributed by atoms with Gasteiger partial charge in [0.25, 0.3) is 0 Å². The van der Waals surface area contributed by atoms with Gasteiger partial charge in [-0.3, -0.25) is 0 Å². The van der Waals surface area contributed by atoms with Crippen molar-refractivity contribution >= 4 is 22.4 Å². The molecule has 1 fully saturated rings. The fourth-order valence-electron chi connectivity index (χ4n) is 3.48. The average Bonchev–Trinajstić information content (AvgIpc) is 3.37. The molecular formula is C21H17ClN4O. The maximum Gasteiger partial charge on any atom is 0.245 e. The molecule has 2 N–H and O–H groups in total. The predicted molar refractivity (Wildman–Crippen MR) is 105 cm³/mol. The van der Waals surface area contributed by atoms with Crippen molar-refractivity contribution in [3.63, 3.8) is 0 Å². The summed E-state index contributed by atoms with van der Waals surface area (Å²) in [7, 11) is 0. The molecule has 4 aromatic rings. The summed E-state index contributed by atoms with van der Waals surface area (Å²) in [5.74, 6) is 1.12. The second kappa shape index (κ2) is 6.78. The van der Waals surface area contributed by atoms with E-state index in [2.05, 4.69) is 63.5 Å². The smallest absolute Gasteiger partial charge is 0.245 e. The zero-order valence-electron chi connectivity index (χ0n) is 14.4. The summed E-state index contributed by atoms with van der Waals surface area (Å²) in [5.41, 5.74) is 8.70. The lowest BCUT2D eigenvalue weighted by atomic mass is 9.99. The molecule has 2 unspecified atom stereocenters. The number of hydrazine groups is 1. The largest absolute Gasteiger partial charge is 0.337 e. The fraction of sp³-hybridized carbons (Fsp3) is 0.143. The lowest BCUT2D eigenvalue weighted by molar-refractivity contribution is 0.340. The zero-order valence-corrected chi connectivity index (χ0v) is 15.1. The molecule has 5 nitrogen and oxygen atoms in total. The van der Waals surface area contributed by atoms with Gasteiger partial charge in [-0.05, 0) is 41.0 Å². The van der Waals surface area contributed by atoms with Gasteiger partial charge in [-0.1, -0.05) is 65.3 Å². The quantitative estimate of drug-likeness (QED) is 0.536. The van der Waals surface area contributed by atoms with Gasteiger partial charge in [0, 0.05) is 16.6 Å². The number of halogens is 1. The number of nitrogens with zero attached hydrogens (tertiary/aromatic N) is 2. The molecule has 1 aliphatic rings. The Bertz CT molecular complexity index is 1110. The minimum atomic E-state index is -0.0399. The molecule has 0 amide bonds. The highest BCUT2D eigenvalue weighted by atomic mass is 35.5. The van der Waals surface area contributed by atoms with Gasteiger partial charge in [0.05, 0.1) is 0 Å². The second-order valence-electron chi connectivity index (χ2n) is 6.70. The topological polar surface area (TPSA) is 63.0 Å². The standard InChI is InChI=1S/C21H17ClN4O/c22-17-7-3-6-16(11-17)20-23-21(27-26-20)19-12-18(24-25-19)15-9-8-13-4-1-2-5-14(13)10-15/h1-11,18-19,24-25H,12H2. The number of hydrogen-bond donors (Lipinski definition) is 2. The highest BCUT2D eigenvalue weighted by Crippen LogP contribution is 2.32. The van der Waals surface area contributed by atoms with Crippen molar-refractivity contribution in [3.05, 3.63) is 83.2 Å². The Balaban J connectivity index is 1.36. The molecule has 2 heterocycles. The highest BCUT2D eigenvalue weighted by molar-refractivity contribution is 6.30. The molecule has 0 saturated carbocycles. The van der Waals surface area contributed by atoms with Crippen molar-refractivity contribution in [2.75, 3.05) is 0 Å². The van der Waals surface area contributed by atoms with Crippen LogP contribution in [0.5, 0.6) is 0 Å². The summed E-state index contributed by atoms with van der Waals surface area (Å²) in [6.45, 7) is 0. The molecule has 1 saturated heterocycles. The summed E-state index contributed by atoms with van der Waals surface area (Å²) >= 11 is 6.05. The van der Waals surface area contributed by atoms with Crippen molar-refractivity contribution in [1.29, 1.82) is 0 Å². The predicted octanol–water partition coefficient (Wildman–Crippen LogP) is 4.82. The Morgan fingerprint density at radius 2 is 1.74 bits per heavy atom. The van der Waals surface area contributed by atoms with E-state index in [9.17, 15) is 0 Å². The lowest BCUT2D eigenvalue weighted by Gasteiger charge is -2.10. The molecule has 0 radical (unpaired) electrons. The fourth-order valence-corrected chi connectivity index (χ4v) is 3.67. The van der Waals surface area contributed by atoms with E-state index in [0.717, 1.165) is 12.0 Å². The molecular weight excluding hydrogens is 360 g/mol. The first kappa shape index (κ1) is 16.4. The minimum absolute atomic E-state index is 0.0399. The summed E-state index contributed by atoms with van der Waals surface area (Å²) in [6, 6.07) is 22.5. The molecule has 0 bridgehead atoms. The Morgan fingerprint density at radius 3 is 2.63 bits per heavy atom. The van der Waals surface area contributed by atoms with Crippen LogP contribution < -0.4 is 10.9 Å². The number of fused-ring (bicyclic) bond motifs is 1. The van der Waals surface area contributed by atoms with Crippen LogP contribution in [0, 0.1) is 0 Å². The first-order valence-corrected chi connectivity index (χ1v) is 9.23. The van der Waals surface area contributed by atoms with Gasteiger partial charge < -0.3 is 4.52 Å². The Hall–Kier alpha value is -2.73. The number of benzene rings is 3. The number of aromatic nitrogens is 2. The third kappa shape index (κ3) is 3.21. The first-order chi connectivity index (χ1) is 13.3. The molecule has 3 aromatic carbocycles. The Morgan fingerprint density at radius 1 is 0.889 bits per heavy atom. The monoisotopic (exact) mass is 376 g/mol. The van der Waals surface area contributed by atoms with E-state index in [1.54, 1.807) is 0 Å². The average molecular weight is 377 g/mol. The van der Waals surface area contributed by atoms with Crippen molar-refractivity contribution in [2.45, 2.75) is 18.5 Å². The zero-order chi connectivity index (χ0) is 18.2. The Labute approximate surface area is 161 Å². The summed E-state index contributed by atoms with van der Waals surface area (Å²) in [4.78, 5) is 4.54. The van der Waals surface area contributed by atoms with Gasteiger partial charge in [0.1, 0.15) is 6.04 Å². The van der Waals surface area contributed by atoms with Crippen LogP contribution in [0.15, 0.2) is 71.3 Å². The van der Waals surface area contributed by atoms with Crippen LogP contribution >= 0.6 is 11.6 Å². The van der Waals surface area contributed by atoms with Crippen molar-refractivity contribution in [2.24, 2.45) is 0 Å². The van der Waals surface area contributed by atoms with Crippen molar-refractivity contribution < 1.29 is 4.52 Å². The maximum absolute atomic E-state index is 6.05. The second-order valence-corrected chi connectivity index (χ2v) is 7.14. The molecule has 0 aliphatic carbocycles. The molecule has 134 valence electrons. The van der Waals surface area contributed by atoms with Gasteiger partial charge >= 0.3 is 0 Å². The van der Waals surface area contributed by atoms with Gasteiger partial charge in [-0.15, -0.1) is 0 Å². The van der Waals surface area contributed by atoms with Crippen LogP contribution in [-0.2, 0) is 0 Å². The van der Waals surface area contributed by atoms with E-state index >= 15 is 0 Å². The van der Waals surface area contributed by atoms with Gasteiger partial charge in [0.2, 0.25) is 11.7 Å². The van der Waals surface area contributed by atoms with Crippen LogP contribution in [0.25, 0.3) is 22.2 Å². The lowest BCUT2D eigenvalue weighted by Crippen LogP contribution is -2.26. The third-order valence-corrected chi connectivity index (χ3v) is 5.14. The van der Waals surface area contributed by atoms with Crippen LogP contribution in [0.2, 0.25) is 5.02 Å². The molecule has 2 atom stereocenters. The van der Waals surface area contributed by atoms with E-state index in [0.29, 0.717) is 16.7 Å². The van der Waals surface area contributed by atoms with E-state index in [1.807, 2.05) is 24.3 Å². The summed E-state index contributed by atoms with van der Waals surface area (Å²) < 4.78 is 5.49. The van der Waals surface area contributed by atoms with E-state index in [4.69, 9.17) is 16.1 Å². The minimum Gasteiger partial charge on any atom is -0.337 e. The molecule has 1 aliphatic heterocycles. The molecule has 1 aromatic heterocycles. The Kier molecular flexibility index (Phi) is 4.13.